The molecule has 1 rings (SSSR count). The fourth-order valence-electron chi connectivity index (χ4n) is 1.09. The molecule has 0 radical (unpaired) electrons. The van der Waals surface area contributed by atoms with Gasteiger partial charge in [-0.25, -0.2) is 13.8 Å². The van der Waals surface area contributed by atoms with Gasteiger partial charge in [0.1, 0.15) is 10.8 Å². The highest BCUT2D eigenvalue weighted by Gasteiger charge is 2.18. The van der Waals surface area contributed by atoms with Gasteiger partial charge in [0.05, 0.1) is 6.61 Å². The Morgan fingerprint density at radius 3 is 2.57 bits per heavy atom. The first-order valence-electron chi connectivity index (χ1n) is 3.73. The highest BCUT2D eigenvalue weighted by molar-refractivity contribution is 6.29. The van der Waals surface area contributed by atoms with Gasteiger partial charge in [-0.2, -0.15) is 0 Å². The van der Waals surface area contributed by atoms with Gasteiger partial charge in [-0.1, -0.05) is 11.6 Å². The number of aliphatic hydroxyl groups is 1. The van der Waals surface area contributed by atoms with Crippen molar-refractivity contribution < 1.29 is 13.9 Å². The van der Waals surface area contributed by atoms with Crippen molar-refractivity contribution in [1.82, 2.24) is 4.98 Å². The van der Waals surface area contributed by atoms with Gasteiger partial charge in [0.15, 0.2) is 0 Å². The van der Waals surface area contributed by atoms with Crippen molar-refractivity contribution in [3.8, 4) is 0 Å². The predicted octanol–water partition coefficient (Wildman–Crippen LogP) is 2.90. The van der Waals surface area contributed by atoms with Crippen LogP contribution in [0.25, 0.3) is 0 Å². The van der Waals surface area contributed by atoms with Crippen LogP contribution >= 0.6 is 23.2 Å². The van der Waals surface area contributed by atoms with Crippen LogP contribution in [0.1, 0.15) is 23.2 Å². The van der Waals surface area contributed by atoms with Crippen LogP contribution < -0.4 is 0 Å². The Kier molecular flexibility index (Phi) is 4.04. The molecule has 2 nitrogen and oxygen atoms in total. The van der Waals surface area contributed by atoms with Crippen molar-refractivity contribution in [1.29, 1.82) is 0 Å². The van der Waals surface area contributed by atoms with E-state index in [1.807, 2.05) is 0 Å². The molecular weight excluding hydrogens is 235 g/mol. The second-order valence-corrected chi connectivity index (χ2v) is 3.21. The van der Waals surface area contributed by atoms with Crippen molar-refractivity contribution in [2.75, 3.05) is 0 Å². The molecule has 0 bridgehead atoms. The summed E-state index contributed by atoms with van der Waals surface area (Å²) < 4.78 is 24.9. The molecule has 0 unspecified atom stereocenters. The normalized spacial score (nSPS) is 11.0. The lowest BCUT2D eigenvalue weighted by molar-refractivity contribution is 0.141. The molecule has 6 heteroatoms. The molecule has 14 heavy (non-hydrogen) atoms. The van der Waals surface area contributed by atoms with Crippen LogP contribution in [-0.4, -0.2) is 10.1 Å². The van der Waals surface area contributed by atoms with Crippen LogP contribution in [-0.2, 0) is 12.5 Å². The Balaban J connectivity index is 3.31. The molecule has 0 aliphatic heterocycles. The largest absolute Gasteiger partial charge is 0.392 e. The number of hydrogen-bond donors (Lipinski definition) is 1. The summed E-state index contributed by atoms with van der Waals surface area (Å²) in [5.41, 5.74) is -0.0699. The first kappa shape index (κ1) is 11.6. The second-order valence-electron chi connectivity index (χ2n) is 2.56. The molecule has 0 fully saturated rings. The van der Waals surface area contributed by atoms with Gasteiger partial charge in [0, 0.05) is 11.4 Å². The third-order valence-electron chi connectivity index (χ3n) is 1.73. The number of nitrogens with zero attached hydrogens (tertiary/aromatic N) is 1. The van der Waals surface area contributed by atoms with E-state index in [-0.39, 0.29) is 16.6 Å². The Hall–Kier alpha value is -0.450. The van der Waals surface area contributed by atoms with Gasteiger partial charge in [0.25, 0.3) is 6.43 Å². The molecular formula is C8H7Cl2F2NO. The molecule has 0 aromatic carbocycles. The van der Waals surface area contributed by atoms with E-state index >= 15 is 0 Å². The van der Waals surface area contributed by atoms with E-state index < -0.39 is 18.7 Å². The van der Waals surface area contributed by atoms with Gasteiger partial charge in [-0.15, -0.1) is 11.6 Å². The summed E-state index contributed by atoms with van der Waals surface area (Å²) in [7, 11) is 0. The van der Waals surface area contributed by atoms with E-state index in [0.29, 0.717) is 5.56 Å². The summed E-state index contributed by atoms with van der Waals surface area (Å²) in [6, 6.07) is 1.37. The molecule has 0 spiro atoms. The van der Waals surface area contributed by atoms with Crippen LogP contribution in [0.5, 0.6) is 0 Å². The maximum Gasteiger partial charge on any atom is 0.280 e. The minimum atomic E-state index is -2.77. The molecule has 1 aromatic heterocycles. The van der Waals surface area contributed by atoms with Crippen molar-refractivity contribution in [2.45, 2.75) is 18.9 Å². The van der Waals surface area contributed by atoms with Crippen molar-refractivity contribution in [3.63, 3.8) is 0 Å². The zero-order chi connectivity index (χ0) is 10.7. The second kappa shape index (κ2) is 4.87. The molecule has 1 heterocycles. The lowest BCUT2D eigenvalue weighted by Crippen LogP contribution is -2.03. The summed E-state index contributed by atoms with van der Waals surface area (Å²) in [6.45, 7) is -0.522. The van der Waals surface area contributed by atoms with Gasteiger partial charge in [-0.05, 0) is 11.6 Å². The molecule has 1 aromatic rings. The molecule has 1 N–H and O–H groups in total. The Labute approximate surface area is 89.5 Å². The summed E-state index contributed by atoms with van der Waals surface area (Å²) in [4.78, 5) is 3.45. The number of alkyl halides is 3. The molecule has 78 valence electrons. The van der Waals surface area contributed by atoms with E-state index in [1.165, 1.54) is 6.07 Å². The van der Waals surface area contributed by atoms with Gasteiger partial charge in [-0.3, -0.25) is 0 Å². The monoisotopic (exact) mass is 241 g/mol. The summed E-state index contributed by atoms with van der Waals surface area (Å²) in [5.74, 6) is 0.0118. The molecule has 0 saturated carbocycles. The third-order valence-corrected chi connectivity index (χ3v) is 2.21. The van der Waals surface area contributed by atoms with E-state index in [4.69, 9.17) is 28.3 Å². The predicted molar refractivity (Wildman–Crippen MR) is 49.7 cm³/mol. The van der Waals surface area contributed by atoms with Gasteiger partial charge >= 0.3 is 0 Å². The Bertz CT molecular complexity index is 333. The highest BCUT2D eigenvalue weighted by atomic mass is 35.5. The summed E-state index contributed by atoms with van der Waals surface area (Å²) in [5, 5.41) is 8.85. The first-order chi connectivity index (χ1) is 6.60. The van der Waals surface area contributed by atoms with Crippen molar-refractivity contribution in [3.05, 3.63) is 28.0 Å². The number of rotatable bonds is 3. The van der Waals surface area contributed by atoms with Crippen LogP contribution in [0.15, 0.2) is 6.07 Å². The van der Waals surface area contributed by atoms with Crippen LogP contribution in [0, 0.1) is 0 Å². The fourth-order valence-corrected chi connectivity index (χ4v) is 1.55. The third kappa shape index (κ3) is 2.32. The van der Waals surface area contributed by atoms with E-state index in [0.717, 1.165) is 0 Å². The molecule has 0 aliphatic rings. The summed E-state index contributed by atoms with van der Waals surface area (Å²) >= 11 is 11.0. The van der Waals surface area contributed by atoms with Crippen LogP contribution in [0.2, 0.25) is 5.15 Å². The lowest BCUT2D eigenvalue weighted by atomic mass is 10.1. The maximum absolute atomic E-state index is 12.4. The Morgan fingerprint density at radius 2 is 2.14 bits per heavy atom. The SMILES string of the molecule is OCc1c(CCl)cc(Cl)nc1C(F)F. The van der Waals surface area contributed by atoms with E-state index in [2.05, 4.69) is 4.98 Å². The average Bonchev–Trinajstić information content (AvgIpc) is 2.16. The number of pyridine rings is 1. The number of aliphatic hydroxyl groups excluding tert-OH is 1. The molecule has 0 amide bonds. The van der Waals surface area contributed by atoms with E-state index in [9.17, 15) is 8.78 Å². The average molecular weight is 242 g/mol. The first-order valence-corrected chi connectivity index (χ1v) is 4.64. The zero-order valence-electron chi connectivity index (χ0n) is 6.98. The topological polar surface area (TPSA) is 33.1 Å². The minimum absolute atomic E-state index is 0.0118. The molecule has 0 atom stereocenters. The van der Waals surface area contributed by atoms with Gasteiger partial charge < -0.3 is 5.11 Å². The standard InChI is InChI=1S/C8H7Cl2F2NO/c9-2-4-1-6(10)13-7(8(11)12)5(4)3-14/h1,8,14H,2-3H2. The van der Waals surface area contributed by atoms with Crippen molar-refractivity contribution >= 4 is 23.2 Å². The maximum atomic E-state index is 12.4. The highest BCUT2D eigenvalue weighted by Crippen LogP contribution is 2.27. The van der Waals surface area contributed by atoms with Crippen molar-refractivity contribution in [2.24, 2.45) is 0 Å². The number of hydrogen-bond acceptors (Lipinski definition) is 2. The number of halogens is 4. The van der Waals surface area contributed by atoms with Gasteiger partial charge in [0.2, 0.25) is 0 Å². The van der Waals surface area contributed by atoms with Crippen LogP contribution in [0.4, 0.5) is 8.78 Å². The van der Waals surface area contributed by atoms with Crippen LogP contribution in [0.3, 0.4) is 0 Å². The summed E-state index contributed by atoms with van der Waals surface area (Å²) in [6.07, 6.45) is -2.77. The quantitative estimate of drug-likeness (QED) is 0.652. The fraction of sp³-hybridized carbons (Fsp3) is 0.375. The zero-order valence-corrected chi connectivity index (χ0v) is 8.49. The minimum Gasteiger partial charge on any atom is -0.392 e. The Morgan fingerprint density at radius 1 is 1.50 bits per heavy atom. The van der Waals surface area contributed by atoms with E-state index in [1.54, 1.807) is 0 Å². The lowest BCUT2D eigenvalue weighted by Gasteiger charge is -2.10. The smallest absolute Gasteiger partial charge is 0.280 e. The molecule has 0 saturated heterocycles. The number of aromatic nitrogens is 1. The molecule has 0 aliphatic carbocycles.